The maximum atomic E-state index is 12.7. The number of aldehydes is 1. The molecule has 2 N–H and O–H groups in total. The first kappa shape index (κ1) is 60.3. The van der Waals surface area contributed by atoms with Crippen LogP contribution in [0.3, 0.4) is 0 Å². The highest BCUT2D eigenvalue weighted by Gasteiger charge is 2.20. The van der Waals surface area contributed by atoms with Gasteiger partial charge in [-0.05, 0) is 77.2 Å². The van der Waals surface area contributed by atoms with Crippen molar-refractivity contribution in [2.24, 2.45) is 5.92 Å². The Kier molecular flexibility index (Phi) is 43.7. The third-order valence-corrected chi connectivity index (χ3v) is 14.1. The monoisotopic (exact) mass is 899 g/mol. The van der Waals surface area contributed by atoms with Crippen LogP contribution in [-0.4, -0.2) is 68.4 Å². The van der Waals surface area contributed by atoms with E-state index in [-0.39, 0.29) is 10.9 Å². The van der Waals surface area contributed by atoms with Crippen molar-refractivity contribution in [3.8, 4) is 0 Å². The molecule has 0 heterocycles. The standard InChI is InChI=1S/C57H110N4O3/c1-5-9-13-17-24-32-41-53(42-33-25-18-14-10-6-2)43-34-26-23-30-36-47-60(46-35-29-21-22-31-39-52-62)50-40-44-58-54-55(57(64)56(54)63)59-45-51-61(48-37-27-19-15-11-7-3)49-38-28-20-16-12-8-4/h52-53,58-59H,5-51H2,1-4H3. The van der Waals surface area contributed by atoms with Crippen LogP contribution >= 0.6 is 0 Å². The molecule has 0 radical (unpaired) electrons. The summed E-state index contributed by atoms with van der Waals surface area (Å²) in [6.45, 7) is 17.0. The van der Waals surface area contributed by atoms with Crippen molar-refractivity contribution in [3.63, 3.8) is 0 Å². The molecule has 0 saturated carbocycles. The summed E-state index contributed by atoms with van der Waals surface area (Å²) in [5.74, 6) is 0.945. The lowest BCUT2D eigenvalue weighted by Crippen LogP contribution is -2.39. The second kappa shape index (κ2) is 46.4. The summed E-state index contributed by atoms with van der Waals surface area (Å²) in [5.41, 5.74) is 0.293. The number of carbonyl (C=O) groups is 1. The van der Waals surface area contributed by atoms with Gasteiger partial charge in [-0.2, -0.15) is 0 Å². The van der Waals surface area contributed by atoms with Gasteiger partial charge >= 0.3 is 0 Å². The van der Waals surface area contributed by atoms with E-state index in [0.29, 0.717) is 30.9 Å². The Morgan fingerprint density at radius 3 is 1.03 bits per heavy atom. The molecule has 7 nitrogen and oxygen atoms in total. The van der Waals surface area contributed by atoms with Gasteiger partial charge in [0.05, 0.1) is 0 Å². The van der Waals surface area contributed by atoms with Crippen LogP contribution in [0.2, 0.25) is 0 Å². The molecule has 376 valence electrons. The molecular weight excluding hydrogens is 789 g/mol. The molecule has 0 aromatic heterocycles. The zero-order chi connectivity index (χ0) is 46.4. The zero-order valence-corrected chi connectivity index (χ0v) is 43.5. The number of unbranched alkanes of at least 4 members (excludes halogenated alkanes) is 29. The number of hydrogen-bond donors (Lipinski definition) is 2. The van der Waals surface area contributed by atoms with Crippen molar-refractivity contribution in [1.29, 1.82) is 0 Å². The molecule has 7 heteroatoms. The van der Waals surface area contributed by atoms with E-state index >= 15 is 0 Å². The van der Waals surface area contributed by atoms with E-state index in [2.05, 4.69) is 48.1 Å². The molecule has 0 fully saturated rings. The van der Waals surface area contributed by atoms with Gasteiger partial charge in [0.25, 0.3) is 10.9 Å². The molecule has 0 aliphatic rings. The molecule has 0 bridgehead atoms. The van der Waals surface area contributed by atoms with Gasteiger partial charge in [0.15, 0.2) is 0 Å². The van der Waals surface area contributed by atoms with Crippen LogP contribution in [0.5, 0.6) is 0 Å². The van der Waals surface area contributed by atoms with Crippen LogP contribution in [0.15, 0.2) is 9.59 Å². The molecule has 0 saturated heterocycles. The van der Waals surface area contributed by atoms with E-state index in [4.69, 9.17) is 0 Å². The van der Waals surface area contributed by atoms with E-state index in [1.807, 2.05) is 0 Å². The highest BCUT2D eigenvalue weighted by molar-refractivity contribution is 5.73. The van der Waals surface area contributed by atoms with Crippen molar-refractivity contribution < 1.29 is 4.79 Å². The predicted molar refractivity (Wildman–Crippen MR) is 284 cm³/mol. The number of rotatable bonds is 53. The van der Waals surface area contributed by atoms with E-state index in [1.54, 1.807) is 0 Å². The minimum atomic E-state index is -0.360. The summed E-state index contributed by atoms with van der Waals surface area (Å²) < 4.78 is 0. The summed E-state index contributed by atoms with van der Waals surface area (Å²) in [5, 5.41) is 6.76. The van der Waals surface area contributed by atoms with Crippen LogP contribution < -0.4 is 21.5 Å². The molecule has 1 rings (SSSR count). The van der Waals surface area contributed by atoms with Crippen LogP contribution in [0.1, 0.15) is 278 Å². The fourth-order valence-electron chi connectivity index (χ4n) is 9.74. The Balaban J connectivity index is 2.57. The fourth-order valence-corrected chi connectivity index (χ4v) is 9.74. The van der Waals surface area contributed by atoms with E-state index < -0.39 is 0 Å². The topological polar surface area (TPSA) is 81.8 Å². The highest BCUT2D eigenvalue weighted by Crippen LogP contribution is 2.25. The first-order valence-electron chi connectivity index (χ1n) is 28.7. The number of nitrogens with one attached hydrogen (secondary N) is 2. The van der Waals surface area contributed by atoms with Crippen molar-refractivity contribution in [3.05, 3.63) is 20.4 Å². The highest BCUT2D eigenvalue weighted by atomic mass is 16.2. The summed E-state index contributed by atoms with van der Waals surface area (Å²) in [6, 6.07) is 0. The molecule has 64 heavy (non-hydrogen) atoms. The van der Waals surface area contributed by atoms with Crippen LogP contribution in [-0.2, 0) is 4.79 Å². The maximum Gasteiger partial charge on any atom is 0.253 e. The largest absolute Gasteiger partial charge is 0.380 e. The lowest BCUT2D eigenvalue weighted by atomic mass is 9.89. The third-order valence-electron chi connectivity index (χ3n) is 14.1. The van der Waals surface area contributed by atoms with Crippen molar-refractivity contribution >= 4 is 17.7 Å². The van der Waals surface area contributed by atoms with Gasteiger partial charge in [0, 0.05) is 26.1 Å². The molecule has 0 unspecified atom stereocenters. The minimum absolute atomic E-state index is 0.359. The van der Waals surface area contributed by atoms with Gasteiger partial charge in [-0.1, -0.05) is 233 Å². The first-order chi connectivity index (χ1) is 31.5. The zero-order valence-electron chi connectivity index (χ0n) is 43.5. The van der Waals surface area contributed by atoms with Gasteiger partial charge in [0.1, 0.15) is 17.7 Å². The van der Waals surface area contributed by atoms with Crippen molar-refractivity contribution in [2.75, 3.05) is 63.0 Å². The number of anilines is 2. The molecule has 0 amide bonds. The molecule has 0 aliphatic carbocycles. The predicted octanol–water partition coefficient (Wildman–Crippen LogP) is 15.8. The smallest absolute Gasteiger partial charge is 0.253 e. The summed E-state index contributed by atoms with van der Waals surface area (Å²) in [6.07, 6.45) is 52.2. The van der Waals surface area contributed by atoms with Gasteiger partial charge in [0.2, 0.25) is 0 Å². The first-order valence-corrected chi connectivity index (χ1v) is 28.7. The molecule has 0 aliphatic heterocycles. The average Bonchev–Trinajstić information content (AvgIpc) is 3.30. The molecule has 0 atom stereocenters. The molecule has 0 spiro atoms. The Hall–Kier alpha value is -1.73. The van der Waals surface area contributed by atoms with Gasteiger partial charge in [-0.3, -0.25) is 9.59 Å². The molecule has 1 aromatic carbocycles. The Morgan fingerprint density at radius 2 is 0.656 bits per heavy atom. The van der Waals surface area contributed by atoms with Crippen molar-refractivity contribution in [2.45, 2.75) is 278 Å². The van der Waals surface area contributed by atoms with E-state index in [1.165, 1.54) is 225 Å². The van der Waals surface area contributed by atoms with Crippen molar-refractivity contribution in [1.82, 2.24) is 9.80 Å². The fraction of sp³-hybridized carbons (Fsp3) is 0.912. The van der Waals surface area contributed by atoms with Gasteiger partial charge in [-0.15, -0.1) is 0 Å². The number of hydrogen-bond acceptors (Lipinski definition) is 7. The summed E-state index contributed by atoms with van der Waals surface area (Å²) in [4.78, 5) is 41.3. The second-order valence-electron chi connectivity index (χ2n) is 20.1. The number of nitrogens with zero attached hydrogens (tertiary/aromatic N) is 2. The molecular formula is C57H110N4O3. The van der Waals surface area contributed by atoms with Crippen LogP contribution in [0.4, 0.5) is 11.4 Å². The summed E-state index contributed by atoms with van der Waals surface area (Å²) >= 11 is 0. The average molecular weight is 900 g/mol. The van der Waals surface area contributed by atoms with E-state index in [9.17, 15) is 14.4 Å². The normalized spacial score (nSPS) is 11.9. The second-order valence-corrected chi connectivity index (χ2v) is 20.1. The van der Waals surface area contributed by atoms with Crippen LogP contribution in [0, 0.1) is 5.92 Å². The summed E-state index contributed by atoms with van der Waals surface area (Å²) in [7, 11) is 0. The number of carbonyl (C=O) groups excluding carboxylic acids is 1. The maximum absolute atomic E-state index is 12.7. The Morgan fingerprint density at radius 1 is 0.359 bits per heavy atom. The molecule has 1 aromatic rings. The minimum Gasteiger partial charge on any atom is -0.380 e. The Labute approximate surface area is 398 Å². The third kappa shape index (κ3) is 34.6. The SMILES string of the molecule is CCCCCCCCC(CCCCCCCC)CCCCCCCN(CCCCCCCC=O)CCCNc1c(NCCN(CCCCCCCC)CCCCCCCC)c(=O)c1=O. The van der Waals surface area contributed by atoms with Gasteiger partial charge in [-0.25, -0.2) is 0 Å². The Bertz CT molecular complexity index is 1170. The van der Waals surface area contributed by atoms with E-state index in [0.717, 1.165) is 70.7 Å². The quantitative estimate of drug-likeness (QED) is 0.0383. The van der Waals surface area contributed by atoms with Crippen LogP contribution in [0.25, 0.3) is 0 Å². The lowest BCUT2D eigenvalue weighted by molar-refractivity contribution is -0.107. The van der Waals surface area contributed by atoms with Gasteiger partial charge < -0.3 is 25.2 Å². The lowest BCUT2D eigenvalue weighted by Gasteiger charge is -2.24.